The van der Waals surface area contributed by atoms with E-state index in [4.69, 9.17) is 4.74 Å². The van der Waals surface area contributed by atoms with E-state index in [1.807, 2.05) is 30.5 Å². The zero-order chi connectivity index (χ0) is 20.4. The van der Waals surface area contributed by atoms with E-state index in [2.05, 4.69) is 5.32 Å². The highest BCUT2D eigenvalue weighted by Gasteiger charge is 2.40. The lowest BCUT2D eigenvalue weighted by molar-refractivity contribution is -0.120. The molecule has 5 nitrogen and oxygen atoms in total. The van der Waals surface area contributed by atoms with Gasteiger partial charge in [0.1, 0.15) is 17.3 Å². The number of hydrogen-bond acceptors (Lipinski definition) is 5. The van der Waals surface area contributed by atoms with Crippen molar-refractivity contribution in [2.24, 2.45) is 0 Å². The molecular formula is C22H17FN2O3S. The van der Waals surface area contributed by atoms with Crippen molar-refractivity contribution < 1.29 is 18.7 Å². The molecule has 1 N–H and O–H groups in total. The molecule has 0 atom stereocenters. The van der Waals surface area contributed by atoms with Gasteiger partial charge < -0.3 is 10.1 Å². The summed E-state index contributed by atoms with van der Waals surface area (Å²) in [6.07, 6.45) is 0. The lowest BCUT2D eigenvalue weighted by Gasteiger charge is -2.16. The number of nitrogens with one attached hydrogen (secondary N) is 1. The van der Waals surface area contributed by atoms with Crippen molar-refractivity contribution in [1.29, 1.82) is 0 Å². The topological polar surface area (TPSA) is 58.6 Å². The molecule has 146 valence electrons. The minimum Gasteiger partial charge on any atom is -0.492 e. The molecule has 3 aromatic rings. The van der Waals surface area contributed by atoms with Crippen LogP contribution in [0.4, 0.5) is 15.8 Å². The maximum absolute atomic E-state index is 13.3. The smallest absolute Gasteiger partial charge is 0.282 e. The fourth-order valence-electron chi connectivity index (χ4n) is 3.11. The summed E-state index contributed by atoms with van der Waals surface area (Å²) in [5.41, 5.74) is 1.33. The third kappa shape index (κ3) is 3.52. The van der Waals surface area contributed by atoms with Gasteiger partial charge in [-0.3, -0.25) is 9.59 Å². The number of rotatable bonds is 6. The van der Waals surface area contributed by atoms with Crippen molar-refractivity contribution >= 4 is 40.1 Å². The Bertz CT molecular complexity index is 1090. The molecular weight excluding hydrogens is 391 g/mol. The number of para-hydroxylation sites is 2. The summed E-state index contributed by atoms with van der Waals surface area (Å²) in [4.78, 5) is 28.2. The summed E-state index contributed by atoms with van der Waals surface area (Å²) in [7, 11) is 0. The molecule has 4 rings (SSSR count). The van der Waals surface area contributed by atoms with Gasteiger partial charge in [0.05, 0.1) is 23.6 Å². The first-order valence-corrected chi connectivity index (χ1v) is 9.89. The van der Waals surface area contributed by atoms with Crippen molar-refractivity contribution in [3.8, 4) is 5.75 Å². The standard InChI is InChI=1S/C22H17FN2O3S/c1-2-28-17-7-4-3-6-16(17)24-20-19(18-8-5-13-29-18)21(26)25(22(20)27)15-11-9-14(23)10-12-15/h3-13,24H,2H2,1H3. The minimum absolute atomic E-state index is 0.161. The lowest BCUT2D eigenvalue weighted by Crippen LogP contribution is -2.32. The number of anilines is 2. The molecule has 0 saturated carbocycles. The van der Waals surface area contributed by atoms with Crippen molar-refractivity contribution in [2.45, 2.75) is 6.92 Å². The minimum atomic E-state index is -0.503. The summed E-state index contributed by atoms with van der Waals surface area (Å²) >= 11 is 1.37. The van der Waals surface area contributed by atoms with E-state index in [-0.39, 0.29) is 11.3 Å². The summed E-state index contributed by atoms with van der Waals surface area (Å²) in [5.74, 6) is -0.825. The molecule has 0 unspecified atom stereocenters. The Morgan fingerprint density at radius 1 is 1.00 bits per heavy atom. The second-order valence-electron chi connectivity index (χ2n) is 6.20. The highest BCUT2D eigenvalue weighted by Crippen LogP contribution is 2.37. The number of imide groups is 1. The highest BCUT2D eigenvalue weighted by atomic mass is 32.1. The van der Waals surface area contributed by atoms with E-state index >= 15 is 0 Å². The molecule has 29 heavy (non-hydrogen) atoms. The van der Waals surface area contributed by atoms with Crippen LogP contribution in [0.2, 0.25) is 0 Å². The third-order valence-corrected chi connectivity index (χ3v) is 5.27. The summed E-state index contributed by atoms with van der Waals surface area (Å²) in [5, 5.41) is 4.94. The van der Waals surface area contributed by atoms with Gasteiger partial charge in [-0.15, -0.1) is 11.3 Å². The van der Waals surface area contributed by atoms with Crippen LogP contribution in [0.25, 0.3) is 5.57 Å². The first kappa shape index (κ1) is 18.9. The Balaban J connectivity index is 1.79. The van der Waals surface area contributed by atoms with Gasteiger partial charge in [-0.1, -0.05) is 18.2 Å². The Morgan fingerprint density at radius 2 is 1.76 bits per heavy atom. The van der Waals surface area contributed by atoms with Crippen LogP contribution in [-0.4, -0.2) is 18.4 Å². The Hall–Kier alpha value is -3.45. The number of ether oxygens (including phenoxy) is 1. The number of thiophene rings is 1. The van der Waals surface area contributed by atoms with Gasteiger partial charge in [-0.2, -0.15) is 0 Å². The molecule has 7 heteroatoms. The third-order valence-electron chi connectivity index (χ3n) is 4.38. The molecule has 2 heterocycles. The van der Waals surface area contributed by atoms with E-state index in [9.17, 15) is 14.0 Å². The van der Waals surface area contributed by atoms with Crippen LogP contribution in [0, 0.1) is 5.82 Å². The maximum atomic E-state index is 13.3. The van der Waals surface area contributed by atoms with Crippen molar-refractivity contribution in [3.05, 3.63) is 82.4 Å². The number of halogens is 1. The zero-order valence-corrected chi connectivity index (χ0v) is 16.3. The van der Waals surface area contributed by atoms with Gasteiger partial charge in [0, 0.05) is 4.88 Å². The zero-order valence-electron chi connectivity index (χ0n) is 15.5. The normalized spacial score (nSPS) is 13.9. The molecule has 1 aliphatic heterocycles. The molecule has 2 amide bonds. The molecule has 2 aromatic carbocycles. The lowest BCUT2D eigenvalue weighted by atomic mass is 10.1. The van der Waals surface area contributed by atoms with Gasteiger partial charge >= 0.3 is 0 Å². The first-order valence-electron chi connectivity index (χ1n) is 9.01. The Kier molecular flexibility index (Phi) is 5.14. The monoisotopic (exact) mass is 408 g/mol. The number of amides is 2. The van der Waals surface area contributed by atoms with E-state index < -0.39 is 17.6 Å². The van der Waals surface area contributed by atoms with Crippen LogP contribution in [0.3, 0.4) is 0 Å². The fraction of sp³-hybridized carbons (Fsp3) is 0.0909. The Morgan fingerprint density at radius 3 is 2.45 bits per heavy atom. The fourth-order valence-corrected chi connectivity index (χ4v) is 3.87. The van der Waals surface area contributed by atoms with Crippen molar-refractivity contribution in [1.82, 2.24) is 0 Å². The van der Waals surface area contributed by atoms with Crippen LogP contribution in [0.15, 0.2) is 71.7 Å². The highest BCUT2D eigenvalue weighted by molar-refractivity contribution is 7.11. The second-order valence-corrected chi connectivity index (χ2v) is 7.15. The van der Waals surface area contributed by atoms with Gasteiger partial charge in [-0.25, -0.2) is 9.29 Å². The predicted molar refractivity (Wildman–Crippen MR) is 111 cm³/mol. The summed E-state index contributed by atoms with van der Waals surface area (Å²) < 4.78 is 19.0. The molecule has 0 fully saturated rings. The van der Waals surface area contributed by atoms with E-state index in [0.29, 0.717) is 28.6 Å². The largest absolute Gasteiger partial charge is 0.492 e. The summed E-state index contributed by atoms with van der Waals surface area (Å²) in [6, 6.07) is 16.1. The molecule has 0 spiro atoms. The molecule has 0 aliphatic carbocycles. The van der Waals surface area contributed by atoms with Crippen LogP contribution in [-0.2, 0) is 9.59 Å². The van der Waals surface area contributed by atoms with Crippen LogP contribution in [0.1, 0.15) is 11.8 Å². The number of hydrogen-bond donors (Lipinski definition) is 1. The number of carbonyl (C=O) groups is 2. The molecule has 1 aromatic heterocycles. The summed E-state index contributed by atoms with van der Waals surface area (Å²) in [6.45, 7) is 2.33. The van der Waals surface area contributed by atoms with E-state index in [1.54, 1.807) is 18.2 Å². The molecule has 1 aliphatic rings. The quantitative estimate of drug-likeness (QED) is 0.602. The number of benzene rings is 2. The first-order chi connectivity index (χ1) is 14.1. The molecule has 0 radical (unpaired) electrons. The number of carbonyl (C=O) groups excluding carboxylic acids is 2. The van der Waals surface area contributed by atoms with E-state index in [1.165, 1.54) is 35.6 Å². The van der Waals surface area contributed by atoms with Crippen LogP contribution in [0.5, 0.6) is 5.75 Å². The van der Waals surface area contributed by atoms with Crippen molar-refractivity contribution in [3.63, 3.8) is 0 Å². The van der Waals surface area contributed by atoms with Gasteiger partial charge in [0.15, 0.2) is 0 Å². The maximum Gasteiger partial charge on any atom is 0.282 e. The van der Waals surface area contributed by atoms with Crippen molar-refractivity contribution in [2.75, 3.05) is 16.8 Å². The van der Waals surface area contributed by atoms with Gasteiger partial charge in [-0.05, 0) is 54.8 Å². The predicted octanol–water partition coefficient (Wildman–Crippen LogP) is 4.68. The Labute approximate surface area is 171 Å². The molecule has 0 bridgehead atoms. The second kappa shape index (κ2) is 7.89. The number of nitrogens with zero attached hydrogens (tertiary/aromatic N) is 1. The SMILES string of the molecule is CCOc1ccccc1NC1=C(c2cccs2)C(=O)N(c2ccc(F)cc2)C1=O. The van der Waals surface area contributed by atoms with Gasteiger partial charge in [0.25, 0.3) is 11.8 Å². The van der Waals surface area contributed by atoms with Gasteiger partial charge in [0.2, 0.25) is 0 Å². The molecule has 0 saturated heterocycles. The van der Waals surface area contributed by atoms with E-state index in [0.717, 1.165) is 4.90 Å². The average molecular weight is 408 g/mol. The van der Waals surface area contributed by atoms with Crippen LogP contribution >= 0.6 is 11.3 Å². The van der Waals surface area contributed by atoms with Crippen LogP contribution < -0.4 is 15.0 Å². The average Bonchev–Trinajstić information content (AvgIpc) is 3.32.